The zero-order valence-electron chi connectivity index (χ0n) is 9.28. The van der Waals surface area contributed by atoms with Crippen molar-refractivity contribution in [3.8, 4) is 0 Å². The molecular weight excluding hydrogens is 304 g/mol. The maximum atomic E-state index is 13.4. The fourth-order valence-corrected chi connectivity index (χ4v) is 1.84. The first kappa shape index (κ1) is 13.1. The smallest absolute Gasteiger partial charge is 0.162 e. The van der Waals surface area contributed by atoms with Gasteiger partial charge in [-0.3, -0.25) is 4.98 Å². The summed E-state index contributed by atoms with van der Waals surface area (Å²) in [6, 6.07) is 7.26. The lowest BCUT2D eigenvalue weighted by Gasteiger charge is -2.11. The number of nitrogens with zero attached hydrogens (tertiary/aromatic N) is 1. The van der Waals surface area contributed by atoms with Crippen molar-refractivity contribution in [2.24, 2.45) is 0 Å². The van der Waals surface area contributed by atoms with Gasteiger partial charge in [-0.15, -0.1) is 0 Å². The van der Waals surface area contributed by atoms with Crippen LogP contribution < -0.4 is 0 Å². The van der Waals surface area contributed by atoms with Gasteiger partial charge in [0.1, 0.15) is 6.10 Å². The van der Waals surface area contributed by atoms with Crippen LogP contribution in [0, 0.1) is 11.6 Å². The minimum atomic E-state index is -0.964. The highest BCUT2D eigenvalue weighted by Gasteiger charge is 2.14. The van der Waals surface area contributed by atoms with Gasteiger partial charge in [0.25, 0.3) is 0 Å². The minimum Gasteiger partial charge on any atom is -0.386 e. The van der Waals surface area contributed by atoms with Gasteiger partial charge in [-0.1, -0.05) is 12.1 Å². The summed E-state index contributed by atoms with van der Waals surface area (Å²) in [4.78, 5) is 4.01. The van der Waals surface area contributed by atoms with E-state index in [1.165, 1.54) is 12.1 Å². The zero-order valence-corrected chi connectivity index (χ0v) is 10.9. The second-order valence-corrected chi connectivity index (χ2v) is 4.75. The molecule has 5 heteroatoms. The standard InChI is InChI=1S/C13H10BrF2NO/c14-9-4-5-11(17-7-9)12(18)6-8-2-1-3-10(15)13(8)16/h1-5,7,12,18H,6H2. The van der Waals surface area contributed by atoms with E-state index in [0.29, 0.717) is 5.69 Å². The summed E-state index contributed by atoms with van der Waals surface area (Å²) in [6.07, 6.45) is 0.563. The molecule has 0 saturated heterocycles. The molecule has 2 aromatic rings. The molecule has 0 amide bonds. The first-order valence-electron chi connectivity index (χ1n) is 5.30. The minimum absolute atomic E-state index is 0.0156. The summed E-state index contributed by atoms with van der Waals surface area (Å²) in [5, 5.41) is 9.91. The molecule has 1 N–H and O–H groups in total. The number of pyridine rings is 1. The van der Waals surface area contributed by atoms with Crippen molar-refractivity contribution in [1.29, 1.82) is 0 Å². The van der Waals surface area contributed by atoms with E-state index in [-0.39, 0.29) is 12.0 Å². The van der Waals surface area contributed by atoms with Crippen molar-refractivity contribution in [2.75, 3.05) is 0 Å². The second kappa shape index (κ2) is 5.54. The second-order valence-electron chi connectivity index (χ2n) is 3.83. The molecule has 0 saturated carbocycles. The van der Waals surface area contributed by atoms with Crippen molar-refractivity contribution in [3.63, 3.8) is 0 Å². The monoisotopic (exact) mass is 313 g/mol. The Morgan fingerprint density at radius 2 is 2.00 bits per heavy atom. The first-order valence-corrected chi connectivity index (χ1v) is 6.09. The van der Waals surface area contributed by atoms with Gasteiger partial charge in [-0.2, -0.15) is 0 Å². The molecule has 1 aromatic heterocycles. The van der Waals surface area contributed by atoms with Gasteiger partial charge in [-0.25, -0.2) is 8.78 Å². The van der Waals surface area contributed by atoms with Crippen LogP contribution >= 0.6 is 15.9 Å². The van der Waals surface area contributed by atoms with Gasteiger partial charge in [0, 0.05) is 17.1 Å². The number of benzene rings is 1. The molecule has 0 aliphatic heterocycles. The maximum absolute atomic E-state index is 13.4. The van der Waals surface area contributed by atoms with E-state index in [1.807, 2.05) is 0 Å². The molecule has 2 nitrogen and oxygen atoms in total. The number of rotatable bonds is 3. The third-order valence-corrected chi connectivity index (χ3v) is 3.01. The highest BCUT2D eigenvalue weighted by atomic mass is 79.9. The van der Waals surface area contributed by atoms with E-state index in [9.17, 15) is 13.9 Å². The third kappa shape index (κ3) is 2.91. The summed E-state index contributed by atoms with van der Waals surface area (Å²) in [7, 11) is 0. The molecule has 0 aliphatic carbocycles. The number of aliphatic hydroxyl groups excluding tert-OH is 1. The quantitative estimate of drug-likeness (QED) is 0.942. The molecule has 1 atom stereocenters. The van der Waals surface area contributed by atoms with Crippen LogP contribution in [-0.2, 0) is 6.42 Å². The van der Waals surface area contributed by atoms with Gasteiger partial charge in [0.2, 0.25) is 0 Å². The van der Waals surface area contributed by atoms with Gasteiger partial charge >= 0.3 is 0 Å². The molecule has 1 aromatic carbocycles. The number of halogens is 3. The molecule has 1 heterocycles. The van der Waals surface area contributed by atoms with Crippen LogP contribution in [-0.4, -0.2) is 10.1 Å². The van der Waals surface area contributed by atoms with Crippen molar-refractivity contribution >= 4 is 15.9 Å². The summed E-state index contributed by atoms with van der Waals surface area (Å²) < 4.78 is 27.2. The molecular formula is C13H10BrF2NO. The summed E-state index contributed by atoms with van der Waals surface area (Å²) >= 11 is 3.23. The average Bonchev–Trinajstić information content (AvgIpc) is 2.36. The Balaban J connectivity index is 2.18. The SMILES string of the molecule is OC(Cc1cccc(F)c1F)c1ccc(Br)cn1. The Hall–Kier alpha value is -1.33. The first-order chi connectivity index (χ1) is 8.58. The Morgan fingerprint density at radius 1 is 1.22 bits per heavy atom. The molecule has 0 fully saturated rings. The predicted molar refractivity (Wildman–Crippen MR) is 67.0 cm³/mol. The van der Waals surface area contributed by atoms with Crippen LogP contribution in [0.4, 0.5) is 8.78 Å². The summed E-state index contributed by atoms with van der Waals surface area (Å²) in [5.74, 6) is -1.84. The summed E-state index contributed by atoms with van der Waals surface area (Å²) in [6.45, 7) is 0. The molecule has 18 heavy (non-hydrogen) atoms. The fraction of sp³-hybridized carbons (Fsp3) is 0.154. The largest absolute Gasteiger partial charge is 0.386 e. The lowest BCUT2D eigenvalue weighted by atomic mass is 10.0. The lowest BCUT2D eigenvalue weighted by Crippen LogP contribution is -2.06. The number of hydrogen-bond acceptors (Lipinski definition) is 2. The van der Waals surface area contributed by atoms with Gasteiger partial charge in [-0.05, 0) is 39.7 Å². The highest BCUT2D eigenvalue weighted by Crippen LogP contribution is 2.21. The molecule has 0 aliphatic rings. The van der Waals surface area contributed by atoms with E-state index in [1.54, 1.807) is 18.3 Å². The van der Waals surface area contributed by atoms with Crippen molar-refractivity contribution < 1.29 is 13.9 Å². The summed E-state index contributed by atoms with van der Waals surface area (Å²) in [5.41, 5.74) is 0.550. The highest BCUT2D eigenvalue weighted by molar-refractivity contribution is 9.10. The van der Waals surface area contributed by atoms with Gasteiger partial charge in [0.15, 0.2) is 11.6 Å². The molecule has 1 unspecified atom stereocenters. The Kier molecular flexibility index (Phi) is 4.04. The maximum Gasteiger partial charge on any atom is 0.162 e. The van der Waals surface area contributed by atoms with Crippen LogP contribution in [0.1, 0.15) is 17.4 Å². The molecule has 94 valence electrons. The normalized spacial score (nSPS) is 12.4. The molecule has 0 spiro atoms. The third-order valence-electron chi connectivity index (χ3n) is 2.54. The number of hydrogen-bond donors (Lipinski definition) is 1. The van der Waals surface area contributed by atoms with E-state index in [4.69, 9.17) is 0 Å². The van der Waals surface area contributed by atoms with Crippen molar-refractivity contribution in [2.45, 2.75) is 12.5 Å². The van der Waals surface area contributed by atoms with Gasteiger partial charge in [0.05, 0.1) is 5.69 Å². The van der Waals surface area contributed by atoms with Crippen molar-refractivity contribution in [3.05, 3.63) is 63.9 Å². The van der Waals surface area contributed by atoms with Crippen molar-refractivity contribution in [1.82, 2.24) is 4.98 Å². The van der Waals surface area contributed by atoms with E-state index in [2.05, 4.69) is 20.9 Å². The fourth-order valence-electron chi connectivity index (χ4n) is 1.60. The Bertz CT molecular complexity index is 545. The van der Waals surface area contributed by atoms with Crippen LogP contribution in [0.15, 0.2) is 41.0 Å². The Labute approximate surface area is 111 Å². The van der Waals surface area contributed by atoms with Crippen LogP contribution in [0.5, 0.6) is 0 Å². The van der Waals surface area contributed by atoms with Crippen LogP contribution in [0.25, 0.3) is 0 Å². The number of aliphatic hydroxyl groups is 1. The van der Waals surface area contributed by atoms with E-state index in [0.717, 1.165) is 10.5 Å². The predicted octanol–water partition coefficient (Wildman–Crippen LogP) is 3.40. The van der Waals surface area contributed by atoms with E-state index < -0.39 is 17.7 Å². The lowest BCUT2D eigenvalue weighted by molar-refractivity contribution is 0.172. The van der Waals surface area contributed by atoms with E-state index >= 15 is 0 Å². The number of aromatic nitrogens is 1. The van der Waals surface area contributed by atoms with Crippen LogP contribution in [0.3, 0.4) is 0 Å². The zero-order chi connectivity index (χ0) is 13.1. The molecule has 0 radical (unpaired) electrons. The van der Waals surface area contributed by atoms with Crippen LogP contribution in [0.2, 0.25) is 0 Å². The van der Waals surface area contributed by atoms with Gasteiger partial charge < -0.3 is 5.11 Å². The average molecular weight is 314 g/mol. The topological polar surface area (TPSA) is 33.1 Å². The Morgan fingerprint density at radius 3 is 2.67 bits per heavy atom. The molecule has 2 rings (SSSR count). The molecule has 0 bridgehead atoms.